The molecular formula is C25H27N. The first-order valence-corrected chi connectivity index (χ1v) is 9.76. The average Bonchev–Trinajstić information content (AvgIpc) is 2.93. The van der Waals surface area contributed by atoms with Crippen molar-refractivity contribution in [1.82, 2.24) is 4.90 Å². The van der Waals surface area contributed by atoms with E-state index in [-0.39, 0.29) is 0 Å². The summed E-state index contributed by atoms with van der Waals surface area (Å²) >= 11 is 0. The number of hydrogen-bond acceptors (Lipinski definition) is 1. The molecule has 0 amide bonds. The summed E-state index contributed by atoms with van der Waals surface area (Å²) in [5, 5.41) is 0. The topological polar surface area (TPSA) is 3.24 Å². The van der Waals surface area contributed by atoms with E-state index in [9.17, 15) is 0 Å². The molecule has 2 atom stereocenters. The monoisotopic (exact) mass is 341 g/mol. The van der Waals surface area contributed by atoms with E-state index in [1.54, 1.807) is 0 Å². The molecule has 0 unspecified atom stereocenters. The van der Waals surface area contributed by atoms with Crippen LogP contribution in [0, 0.1) is 0 Å². The second-order valence-corrected chi connectivity index (χ2v) is 7.37. The van der Waals surface area contributed by atoms with Crippen LogP contribution in [-0.2, 0) is 6.54 Å². The number of nitrogens with zero attached hydrogens (tertiary/aromatic N) is 1. The van der Waals surface area contributed by atoms with Gasteiger partial charge in [-0.1, -0.05) is 91.0 Å². The van der Waals surface area contributed by atoms with Crippen molar-refractivity contribution in [3.05, 3.63) is 108 Å². The highest BCUT2D eigenvalue weighted by molar-refractivity contribution is 5.29. The van der Waals surface area contributed by atoms with Crippen LogP contribution in [0.1, 0.15) is 41.4 Å². The smallest absolute Gasteiger partial charge is 0.0233 e. The molecule has 1 nitrogen and oxygen atoms in total. The zero-order chi connectivity index (χ0) is 17.6. The molecule has 3 aromatic carbocycles. The Hall–Kier alpha value is -2.38. The number of benzene rings is 3. The van der Waals surface area contributed by atoms with Crippen LogP contribution in [-0.4, -0.2) is 18.0 Å². The molecule has 0 spiro atoms. The van der Waals surface area contributed by atoms with Gasteiger partial charge in [0.15, 0.2) is 0 Å². The van der Waals surface area contributed by atoms with Gasteiger partial charge >= 0.3 is 0 Å². The number of rotatable bonds is 4. The SMILES string of the molecule is c1ccc(CN2CC[C@H](c3ccccc3)[C@H](c3ccccc3)CC2)cc1. The van der Waals surface area contributed by atoms with E-state index in [2.05, 4.69) is 95.9 Å². The molecule has 0 N–H and O–H groups in total. The van der Waals surface area contributed by atoms with E-state index < -0.39 is 0 Å². The molecule has 4 rings (SSSR count). The first kappa shape index (κ1) is 17.1. The van der Waals surface area contributed by atoms with Gasteiger partial charge in [0.2, 0.25) is 0 Å². The molecule has 1 heterocycles. The van der Waals surface area contributed by atoms with Gasteiger partial charge in [-0.2, -0.15) is 0 Å². The van der Waals surface area contributed by atoms with Crippen LogP contribution < -0.4 is 0 Å². The molecule has 0 radical (unpaired) electrons. The van der Waals surface area contributed by atoms with Crippen LogP contribution in [0.25, 0.3) is 0 Å². The molecule has 132 valence electrons. The van der Waals surface area contributed by atoms with Crippen molar-refractivity contribution in [2.24, 2.45) is 0 Å². The molecule has 0 aromatic heterocycles. The fourth-order valence-electron chi connectivity index (χ4n) is 4.36. The lowest BCUT2D eigenvalue weighted by Crippen LogP contribution is -2.24. The summed E-state index contributed by atoms with van der Waals surface area (Å²) in [6.07, 6.45) is 2.44. The first-order chi connectivity index (χ1) is 12.9. The zero-order valence-electron chi connectivity index (χ0n) is 15.3. The van der Waals surface area contributed by atoms with Crippen LogP contribution in [0.2, 0.25) is 0 Å². The molecule has 1 aliphatic heterocycles. The van der Waals surface area contributed by atoms with Gasteiger partial charge in [0.1, 0.15) is 0 Å². The highest BCUT2D eigenvalue weighted by atomic mass is 15.1. The van der Waals surface area contributed by atoms with Crippen LogP contribution in [0.15, 0.2) is 91.0 Å². The molecule has 1 saturated heterocycles. The standard InChI is InChI=1S/C25H27N/c1-4-10-21(11-5-1)20-26-18-16-24(22-12-6-2-7-13-22)25(17-19-26)23-14-8-3-9-15-23/h1-15,24-25H,16-20H2/t24-,25+. The van der Waals surface area contributed by atoms with Gasteiger partial charge in [0.05, 0.1) is 0 Å². The normalized spacial score (nSPS) is 21.2. The lowest BCUT2D eigenvalue weighted by atomic mass is 9.78. The second-order valence-electron chi connectivity index (χ2n) is 7.37. The predicted molar refractivity (Wildman–Crippen MR) is 109 cm³/mol. The van der Waals surface area contributed by atoms with E-state index in [1.165, 1.54) is 29.5 Å². The molecule has 1 fully saturated rings. The second kappa shape index (κ2) is 8.33. The summed E-state index contributed by atoms with van der Waals surface area (Å²) in [5.74, 6) is 1.19. The minimum Gasteiger partial charge on any atom is -0.299 e. The molecule has 0 saturated carbocycles. The Balaban J connectivity index is 1.57. The largest absolute Gasteiger partial charge is 0.299 e. The van der Waals surface area contributed by atoms with Crippen LogP contribution in [0.3, 0.4) is 0 Å². The summed E-state index contributed by atoms with van der Waals surface area (Å²) in [4.78, 5) is 2.63. The van der Waals surface area contributed by atoms with Crippen molar-refractivity contribution in [2.45, 2.75) is 31.2 Å². The predicted octanol–water partition coefficient (Wildman–Crippen LogP) is 5.85. The first-order valence-electron chi connectivity index (χ1n) is 9.76. The third kappa shape index (κ3) is 4.05. The molecule has 26 heavy (non-hydrogen) atoms. The van der Waals surface area contributed by atoms with E-state index in [0.29, 0.717) is 11.8 Å². The highest BCUT2D eigenvalue weighted by Gasteiger charge is 2.28. The van der Waals surface area contributed by atoms with Gasteiger partial charge in [0, 0.05) is 6.54 Å². The Morgan fingerprint density at radius 2 is 1.00 bits per heavy atom. The van der Waals surface area contributed by atoms with Gasteiger partial charge in [-0.05, 0) is 54.5 Å². The Bertz CT molecular complexity index is 733. The molecule has 3 aromatic rings. The summed E-state index contributed by atoms with van der Waals surface area (Å²) in [5.41, 5.74) is 4.40. The van der Waals surface area contributed by atoms with Gasteiger partial charge in [-0.15, -0.1) is 0 Å². The molecule has 1 aliphatic rings. The lowest BCUT2D eigenvalue weighted by molar-refractivity contribution is 0.275. The maximum absolute atomic E-state index is 2.63. The quantitative estimate of drug-likeness (QED) is 0.575. The van der Waals surface area contributed by atoms with E-state index >= 15 is 0 Å². The van der Waals surface area contributed by atoms with Crippen LogP contribution >= 0.6 is 0 Å². The lowest BCUT2D eigenvalue weighted by Gasteiger charge is -2.25. The van der Waals surface area contributed by atoms with Crippen molar-refractivity contribution >= 4 is 0 Å². The minimum atomic E-state index is 0.597. The highest BCUT2D eigenvalue weighted by Crippen LogP contribution is 2.40. The summed E-state index contributed by atoms with van der Waals surface area (Å²) in [6, 6.07) is 33.1. The molecule has 0 aliphatic carbocycles. The summed E-state index contributed by atoms with van der Waals surface area (Å²) in [7, 11) is 0. The zero-order valence-corrected chi connectivity index (χ0v) is 15.3. The van der Waals surface area contributed by atoms with Gasteiger partial charge < -0.3 is 0 Å². The van der Waals surface area contributed by atoms with Gasteiger partial charge in [-0.3, -0.25) is 4.90 Å². The van der Waals surface area contributed by atoms with Crippen molar-refractivity contribution in [3.8, 4) is 0 Å². The van der Waals surface area contributed by atoms with Gasteiger partial charge in [-0.25, -0.2) is 0 Å². The fourth-order valence-corrected chi connectivity index (χ4v) is 4.36. The summed E-state index contributed by atoms with van der Waals surface area (Å²) in [6.45, 7) is 3.39. The van der Waals surface area contributed by atoms with Gasteiger partial charge in [0.25, 0.3) is 0 Å². The number of hydrogen-bond donors (Lipinski definition) is 0. The Labute approximate surface area is 157 Å². The van der Waals surface area contributed by atoms with Crippen molar-refractivity contribution < 1.29 is 0 Å². The molecular weight excluding hydrogens is 314 g/mol. The number of likely N-dealkylation sites (tertiary alicyclic amines) is 1. The molecule has 0 bridgehead atoms. The van der Waals surface area contributed by atoms with E-state index in [1.807, 2.05) is 0 Å². The van der Waals surface area contributed by atoms with Crippen molar-refractivity contribution in [1.29, 1.82) is 0 Å². The third-order valence-corrected chi connectivity index (χ3v) is 5.70. The van der Waals surface area contributed by atoms with Crippen LogP contribution in [0.5, 0.6) is 0 Å². The Kier molecular flexibility index (Phi) is 5.47. The maximum Gasteiger partial charge on any atom is 0.0233 e. The van der Waals surface area contributed by atoms with E-state index in [0.717, 1.165) is 19.6 Å². The third-order valence-electron chi connectivity index (χ3n) is 5.70. The minimum absolute atomic E-state index is 0.597. The maximum atomic E-state index is 2.63. The Morgan fingerprint density at radius 1 is 0.577 bits per heavy atom. The average molecular weight is 341 g/mol. The Morgan fingerprint density at radius 3 is 1.46 bits per heavy atom. The van der Waals surface area contributed by atoms with Crippen molar-refractivity contribution in [3.63, 3.8) is 0 Å². The van der Waals surface area contributed by atoms with Crippen molar-refractivity contribution in [2.75, 3.05) is 13.1 Å². The summed E-state index contributed by atoms with van der Waals surface area (Å²) < 4.78 is 0. The van der Waals surface area contributed by atoms with Crippen LogP contribution in [0.4, 0.5) is 0 Å². The fraction of sp³-hybridized carbons (Fsp3) is 0.280. The van der Waals surface area contributed by atoms with E-state index in [4.69, 9.17) is 0 Å². The molecule has 1 heteroatoms.